The van der Waals surface area contributed by atoms with E-state index in [1.54, 1.807) is 0 Å². The molecule has 1 nitrogen and oxygen atoms in total. The largest absolute Gasteiger partial charge is 0.389 e. The molecule has 0 fully saturated rings. The van der Waals surface area contributed by atoms with Gasteiger partial charge in [-0.2, -0.15) is 13.2 Å². The number of halogens is 3. The number of rotatable bonds is 5. The summed E-state index contributed by atoms with van der Waals surface area (Å²) in [7, 11) is 0. The van der Waals surface area contributed by atoms with Gasteiger partial charge in [-0.05, 0) is 43.5 Å². The highest BCUT2D eigenvalue weighted by Crippen LogP contribution is 2.29. The fraction of sp³-hybridized carbons (Fsp3) is 0.571. The zero-order valence-electron chi connectivity index (χ0n) is 11.1. The smallest absolute Gasteiger partial charge is 0.310 e. The van der Waals surface area contributed by atoms with Crippen molar-refractivity contribution in [2.75, 3.05) is 6.54 Å². The van der Waals surface area contributed by atoms with E-state index in [0.717, 1.165) is 16.7 Å². The van der Waals surface area contributed by atoms with Gasteiger partial charge in [0.15, 0.2) is 0 Å². The van der Waals surface area contributed by atoms with Crippen LogP contribution in [0.5, 0.6) is 0 Å². The van der Waals surface area contributed by atoms with Crippen molar-refractivity contribution in [2.45, 2.75) is 45.8 Å². The van der Waals surface area contributed by atoms with Crippen molar-refractivity contribution in [1.82, 2.24) is 5.32 Å². The standard InChI is InChI=1S/C14H20F3N/c1-4-18-13(8-9-14(15,16)17)12-7-5-6-10(2)11(12)3/h5-7,13,18H,4,8-9H2,1-3H3. The summed E-state index contributed by atoms with van der Waals surface area (Å²) in [5.74, 6) is 0. The molecule has 0 aromatic heterocycles. The van der Waals surface area contributed by atoms with Gasteiger partial charge in [0.25, 0.3) is 0 Å². The predicted octanol–water partition coefficient (Wildman–Crippen LogP) is 4.30. The summed E-state index contributed by atoms with van der Waals surface area (Å²) < 4.78 is 37.0. The Kier molecular flexibility index (Phi) is 5.20. The summed E-state index contributed by atoms with van der Waals surface area (Å²) in [4.78, 5) is 0. The van der Waals surface area contributed by atoms with Crippen LogP contribution in [-0.4, -0.2) is 12.7 Å². The number of nitrogens with one attached hydrogen (secondary N) is 1. The molecule has 1 aromatic rings. The minimum Gasteiger partial charge on any atom is -0.310 e. The number of aryl methyl sites for hydroxylation is 1. The molecular weight excluding hydrogens is 239 g/mol. The molecule has 1 aromatic carbocycles. The molecule has 0 heterocycles. The number of alkyl halides is 3. The number of hydrogen-bond donors (Lipinski definition) is 1. The maximum atomic E-state index is 12.3. The molecule has 18 heavy (non-hydrogen) atoms. The maximum Gasteiger partial charge on any atom is 0.389 e. The summed E-state index contributed by atoms with van der Waals surface area (Å²) in [6.45, 7) is 6.51. The lowest BCUT2D eigenvalue weighted by molar-refractivity contribution is -0.136. The number of hydrogen-bond acceptors (Lipinski definition) is 1. The normalized spacial score (nSPS) is 13.7. The molecular formula is C14H20F3N. The van der Waals surface area contributed by atoms with Crippen LogP contribution < -0.4 is 5.32 Å². The highest BCUT2D eigenvalue weighted by Gasteiger charge is 2.28. The molecule has 4 heteroatoms. The molecule has 1 atom stereocenters. The van der Waals surface area contributed by atoms with Gasteiger partial charge in [-0.1, -0.05) is 25.1 Å². The van der Waals surface area contributed by atoms with Crippen LogP contribution >= 0.6 is 0 Å². The minimum atomic E-state index is -4.09. The van der Waals surface area contributed by atoms with E-state index in [1.165, 1.54) is 0 Å². The first kappa shape index (κ1) is 15.0. The van der Waals surface area contributed by atoms with Gasteiger partial charge in [-0.3, -0.25) is 0 Å². The molecule has 1 rings (SSSR count). The van der Waals surface area contributed by atoms with E-state index in [-0.39, 0.29) is 12.5 Å². The van der Waals surface area contributed by atoms with Crippen LogP contribution in [0.2, 0.25) is 0 Å². The summed E-state index contributed by atoms with van der Waals surface area (Å²) in [5.41, 5.74) is 3.16. The van der Waals surface area contributed by atoms with Crippen molar-refractivity contribution < 1.29 is 13.2 Å². The minimum absolute atomic E-state index is 0.0850. The second-order valence-electron chi connectivity index (χ2n) is 4.55. The van der Waals surface area contributed by atoms with Crippen LogP contribution in [0.1, 0.15) is 42.5 Å². The molecule has 1 N–H and O–H groups in total. The van der Waals surface area contributed by atoms with E-state index in [0.29, 0.717) is 6.54 Å². The Labute approximate surface area is 106 Å². The van der Waals surface area contributed by atoms with Crippen LogP contribution in [0, 0.1) is 13.8 Å². The van der Waals surface area contributed by atoms with Crippen molar-refractivity contribution in [3.63, 3.8) is 0 Å². The third kappa shape index (κ3) is 4.33. The molecule has 102 valence electrons. The predicted molar refractivity (Wildman–Crippen MR) is 67.6 cm³/mol. The van der Waals surface area contributed by atoms with Crippen molar-refractivity contribution in [1.29, 1.82) is 0 Å². The Bertz CT molecular complexity index is 385. The Balaban J connectivity index is 2.87. The lowest BCUT2D eigenvalue weighted by Crippen LogP contribution is -2.24. The van der Waals surface area contributed by atoms with Gasteiger partial charge in [-0.15, -0.1) is 0 Å². The average Bonchev–Trinajstić information content (AvgIpc) is 2.27. The van der Waals surface area contributed by atoms with E-state index < -0.39 is 12.6 Å². The molecule has 0 spiro atoms. The second-order valence-corrected chi connectivity index (χ2v) is 4.55. The second kappa shape index (κ2) is 6.23. The summed E-state index contributed by atoms with van der Waals surface area (Å²) >= 11 is 0. The van der Waals surface area contributed by atoms with Crippen molar-refractivity contribution >= 4 is 0 Å². The topological polar surface area (TPSA) is 12.0 Å². The lowest BCUT2D eigenvalue weighted by Gasteiger charge is -2.22. The summed E-state index contributed by atoms with van der Waals surface area (Å²) in [6, 6.07) is 5.56. The van der Waals surface area contributed by atoms with Gasteiger partial charge in [0, 0.05) is 12.5 Å². The van der Waals surface area contributed by atoms with E-state index in [1.807, 2.05) is 39.0 Å². The third-order valence-electron chi connectivity index (χ3n) is 3.19. The molecule has 0 aliphatic heterocycles. The Morgan fingerprint density at radius 1 is 1.22 bits per heavy atom. The zero-order valence-corrected chi connectivity index (χ0v) is 11.1. The lowest BCUT2D eigenvalue weighted by atomic mass is 9.94. The zero-order chi connectivity index (χ0) is 13.8. The fourth-order valence-electron chi connectivity index (χ4n) is 2.07. The van der Waals surface area contributed by atoms with E-state index in [4.69, 9.17) is 0 Å². The van der Waals surface area contributed by atoms with Crippen molar-refractivity contribution in [3.05, 3.63) is 34.9 Å². The van der Waals surface area contributed by atoms with Gasteiger partial charge >= 0.3 is 6.18 Å². The Hall–Kier alpha value is -1.03. The number of benzene rings is 1. The highest BCUT2D eigenvalue weighted by molar-refractivity contribution is 5.35. The summed E-state index contributed by atoms with van der Waals surface area (Å²) in [6.07, 6.45) is -4.76. The van der Waals surface area contributed by atoms with Crippen LogP contribution in [0.15, 0.2) is 18.2 Å². The van der Waals surface area contributed by atoms with Gasteiger partial charge in [0.2, 0.25) is 0 Å². The van der Waals surface area contributed by atoms with Gasteiger partial charge in [0.05, 0.1) is 0 Å². The van der Waals surface area contributed by atoms with Gasteiger partial charge < -0.3 is 5.32 Å². The van der Waals surface area contributed by atoms with Crippen LogP contribution in [0.4, 0.5) is 13.2 Å². The monoisotopic (exact) mass is 259 g/mol. The first-order chi connectivity index (χ1) is 8.35. The molecule has 0 aliphatic carbocycles. The quantitative estimate of drug-likeness (QED) is 0.831. The fourth-order valence-corrected chi connectivity index (χ4v) is 2.07. The summed E-state index contributed by atoms with van der Waals surface area (Å²) in [5, 5.41) is 3.14. The molecule has 0 aliphatic rings. The van der Waals surface area contributed by atoms with E-state index in [9.17, 15) is 13.2 Å². The molecule has 0 radical (unpaired) electrons. The molecule has 0 amide bonds. The first-order valence-electron chi connectivity index (χ1n) is 6.21. The maximum absolute atomic E-state index is 12.3. The molecule has 1 unspecified atom stereocenters. The van der Waals surface area contributed by atoms with Crippen LogP contribution in [0.3, 0.4) is 0 Å². The highest BCUT2D eigenvalue weighted by atomic mass is 19.4. The molecule has 0 saturated heterocycles. The van der Waals surface area contributed by atoms with E-state index >= 15 is 0 Å². The van der Waals surface area contributed by atoms with E-state index in [2.05, 4.69) is 5.32 Å². The first-order valence-corrected chi connectivity index (χ1v) is 6.21. The average molecular weight is 259 g/mol. The Morgan fingerprint density at radius 2 is 1.89 bits per heavy atom. The van der Waals surface area contributed by atoms with Gasteiger partial charge in [-0.25, -0.2) is 0 Å². The van der Waals surface area contributed by atoms with Crippen molar-refractivity contribution in [3.8, 4) is 0 Å². The van der Waals surface area contributed by atoms with Crippen LogP contribution in [0.25, 0.3) is 0 Å². The Morgan fingerprint density at radius 3 is 2.44 bits per heavy atom. The van der Waals surface area contributed by atoms with Crippen molar-refractivity contribution in [2.24, 2.45) is 0 Å². The molecule has 0 bridgehead atoms. The van der Waals surface area contributed by atoms with Crippen LogP contribution in [-0.2, 0) is 0 Å². The SMILES string of the molecule is CCNC(CCC(F)(F)F)c1cccc(C)c1C. The van der Waals surface area contributed by atoms with Gasteiger partial charge in [0.1, 0.15) is 0 Å². The third-order valence-corrected chi connectivity index (χ3v) is 3.19. The molecule has 0 saturated carbocycles.